The minimum Gasteiger partial charge on any atom is -0.417 e. The molecule has 0 aliphatic carbocycles. The Labute approximate surface area is 80.9 Å². The van der Waals surface area contributed by atoms with Crippen LogP contribution < -0.4 is 0 Å². The summed E-state index contributed by atoms with van der Waals surface area (Å²) in [5, 5.41) is 0. The molecule has 2 nitrogen and oxygen atoms in total. The zero-order chi connectivity index (χ0) is 9.40. The van der Waals surface area contributed by atoms with E-state index < -0.39 is 0 Å². The van der Waals surface area contributed by atoms with Gasteiger partial charge >= 0.3 is 0 Å². The van der Waals surface area contributed by atoms with E-state index in [2.05, 4.69) is 13.8 Å². The van der Waals surface area contributed by atoms with Crippen LogP contribution in [0.25, 0.3) is 0 Å². The minimum absolute atomic E-state index is 0.625. The van der Waals surface area contributed by atoms with Crippen LogP contribution >= 0.6 is 0 Å². The first-order valence-electron chi connectivity index (χ1n) is 4.47. The topological polar surface area (TPSA) is 18.5 Å². The van der Waals surface area contributed by atoms with Gasteiger partial charge in [0, 0.05) is 13.2 Å². The Balaban J connectivity index is 3.39. The number of hydrogen-bond acceptors (Lipinski definition) is 2. The van der Waals surface area contributed by atoms with E-state index in [1.807, 2.05) is 13.8 Å². The van der Waals surface area contributed by atoms with Gasteiger partial charge in [-0.15, -0.1) is 0 Å². The summed E-state index contributed by atoms with van der Waals surface area (Å²) < 4.78 is 10.7. The van der Waals surface area contributed by atoms with Crippen LogP contribution in [0.5, 0.6) is 0 Å². The summed E-state index contributed by atoms with van der Waals surface area (Å²) in [7, 11) is 1.25. The molecule has 0 saturated heterocycles. The van der Waals surface area contributed by atoms with Crippen molar-refractivity contribution in [3.63, 3.8) is 0 Å². The maximum absolute atomic E-state index is 5.37. The van der Waals surface area contributed by atoms with Crippen molar-refractivity contribution in [3.05, 3.63) is 0 Å². The molecule has 0 fully saturated rings. The van der Waals surface area contributed by atoms with E-state index in [0.717, 1.165) is 13.2 Å². The highest BCUT2D eigenvalue weighted by atomic mass is 28.2. The monoisotopic (exact) mass is 202 g/mol. The molecule has 0 aliphatic rings. The fourth-order valence-electron chi connectivity index (χ4n) is 0.634. The highest BCUT2D eigenvalue weighted by molar-refractivity contribution is 6.37. The predicted molar refractivity (Wildman–Crippen MR) is 53.6 cm³/mol. The smallest absolute Gasteiger partial charge is 0.232 e. The molecule has 0 aliphatic heterocycles. The van der Waals surface area contributed by atoms with Gasteiger partial charge in [0.05, 0.1) is 0 Å². The first-order valence-corrected chi connectivity index (χ1v) is 6.44. The van der Waals surface area contributed by atoms with Crippen LogP contribution in [-0.4, -0.2) is 32.7 Å². The molecule has 0 saturated carbocycles. The molecule has 0 aromatic rings. The van der Waals surface area contributed by atoms with Gasteiger partial charge in [0.1, 0.15) is 0 Å². The Morgan fingerprint density at radius 1 is 0.917 bits per heavy atom. The Bertz CT molecular complexity index is 89.1. The van der Waals surface area contributed by atoms with Crippen LogP contribution in [0.15, 0.2) is 0 Å². The van der Waals surface area contributed by atoms with Gasteiger partial charge in [-0.1, -0.05) is 13.8 Å². The van der Waals surface area contributed by atoms with Gasteiger partial charge in [-0.05, 0) is 24.9 Å². The number of hydrogen-bond donors (Lipinski definition) is 0. The minimum atomic E-state index is 0.625. The quantitative estimate of drug-likeness (QED) is 0.587. The third-order valence-electron chi connectivity index (χ3n) is 1.58. The summed E-state index contributed by atoms with van der Waals surface area (Å²) in [6, 6.07) is 0. The van der Waals surface area contributed by atoms with E-state index >= 15 is 0 Å². The average molecular weight is 202 g/mol. The molecule has 0 rings (SSSR count). The number of rotatable bonds is 7. The van der Waals surface area contributed by atoms with Crippen LogP contribution in [0.1, 0.15) is 27.7 Å². The van der Waals surface area contributed by atoms with Gasteiger partial charge in [0.25, 0.3) is 0 Å². The average Bonchev–Trinajstić information content (AvgIpc) is 2.10. The molecule has 2 unspecified atom stereocenters. The Morgan fingerprint density at radius 3 is 1.50 bits per heavy atom. The lowest BCUT2D eigenvalue weighted by Crippen LogP contribution is -2.15. The summed E-state index contributed by atoms with van der Waals surface area (Å²) in [5.41, 5.74) is 1.27. The molecule has 70 valence electrons. The van der Waals surface area contributed by atoms with E-state index in [4.69, 9.17) is 8.85 Å². The summed E-state index contributed by atoms with van der Waals surface area (Å²) in [6.45, 7) is 10.2. The van der Waals surface area contributed by atoms with Crippen molar-refractivity contribution in [2.75, 3.05) is 13.2 Å². The van der Waals surface area contributed by atoms with Gasteiger partial charge in [-0.25, -0.2) is 0 Å². The first-order chi connectivity index (χ1) is 5.72. The Kier molecular flexibility index (Phi) is 8.21. The van der Waals surface area contributed by atoms with Gasteiger partial charge in [-0.3, -0.25) is 0 Å². The molecule has 0 heterocycles. The normalized spacial score (nSPS) is 16.0. The van der Waals surface area contributed by atoms with Crippen molar-refractivity contribution >= 4 is 19.5 Å². The highest BCUT2D eigenvalue weighted by Crippen LogP contribution is 2.20. The van der Waals surface area contributed by atoms with E-state index in [1.54, 1.807) is 0 Å². The van der Waals surface area contributed by atoms with Crippen LogP contribution in [-0.2, 0) is 8.85 Å². The summed E-state index contributed by atoms with van der Waals surface area (Å²) in [4.78, 5) is 0. The Hall–Kier alpha value is 0.354. The molecule has 0 bridgehead atoms. The maximum Gasteiger partial charge on any atom is 0.232 e. The van der Waals surface area contributed by atoms with Crippen molar-refractivity contribution < 1.29 is 8.85 Å². The van der Waals surface area contributed by atoms with Crippen molar-refractivity contribution in [3.8, 4) is 0 Å². The lowest BCUT2D eigenvalue weighted by molar-refractivity contribution is 0.340. The van der Waals surface area contributed by atoms with Crippen molar-refractivity contribution in [2.45, 2.75) is 38.8 Å². The molecule has 0 aromatic heterocycles. The van der Waals surface area contributed by atoms with E-state index in [1.165, 1.54) is 0 Å². The van der Waals surface area contributed by atoms with E-state index in [-0.39, 0.29) is 0 Å². The van der Waals surface area contributed by atoms with Crippen molar-refractivity contribution in [2.24, 2.45) is 0 Å². The molecular formula is C8H18O2Si2. The molecule has 0 N–H and O–H groups in total. The summed E-state index contributed by atoms with van der Waals surface area (Å²) in [6.07, 6.45) is 0. The Morgan fingerprint density at radius 2 is 1.25 bits per heavy atom. The molecule has 12 heavy (non-hydrogen) atoms. The zero-order valence-corrected chi connectivity index (χ0v) is 10.4. The fraction of sp³-hybridized carbons (Fsp3) is 1.00. The van der Waals surface area contributed by atoms with Crippen molar-refractivity contribution in [1.82, 2.24) is 0 Å². The lowest BCUT2D eigenvalue weighted by atomic mass is 10.4. The van der Waals surface area contributed by atoms with Crippen LogP contribution in [0, 0.1) is 0 Å². The fourth-order valence-corrected chi connectivity index (χ4v) is 2.31. The second-order valence-corrected chi connectivity index (χ2v) is 5.55. The molecule has 0 amide bonds. The zero-order valence-electron chi connectivity index (χ0n) is 8.39. The van der Waals surface area contributed by atoms with Crippen LogP contribution in [0.2, 0.25) is 11.1 Å². The first kappa shape index (κ1) is 12.4. The van der Waals surface area contributed by atoms with E-state index in [0.29, 0.717) is 30.6 Å². The second kappa shape index (κ2) is 7.98. The van der Waals surface area contributed by atoms with Crippen LogP contribution in [0.3, 0.4) is 0 Å². The lowest BCUT2D eigenvalue weighted by Gasteiger charge is -2.16. The molecule has 4 heteroatoms. The molecule has 0 aromatic carbocycles. The van der Waals surface area contributed by atoms with E-state index in [9.17, 15) is 0 Å². The molecule has 4 radical (unpaired) electrons. The van der Waals surface area contributed by atoms with Gasteiger partial charge < -0.3 is 8.85 Å². The van der Waals surface area contributed by atoms with Gasteiger partial charge in [0.2, 0.25) is 19.5 Å². The third kappa shape index (κ3) is 5.94. The molecule has 2 atom stereocenters. The van der Waals surface area contributed by atoms with Gasteiger partial charge in [-0.2, -0.15) is 0 Å². The molecular weight excluding hydrogens is 184 g/mol. The SMILES string of the molecule is CCO[Si]C(C)C(C)[Si]OCC. The molecule has 0 spiro atoms. The van der Waals surface area contributed by atoms with Crippen LogP contribution in [0.4, 0.5) is 0 Å². The summed E-state index contributed by atoms with van der Waals surface area (Å²) in [5.74, 6) is 0. The standard InChI is InChI=1S/C8H18O2Si2/c1-5-9-11-7(3)8(4)12-10-6-2/h7-8H,5-6H2,1-4H3. The predicted octanol–water partition coefficient (Wildman–Crippen LogP) is 1.91. The second-order valence-electron chi connectivity index (χ2n) is 2.68. The highest BCUT2D eigenvalue weighted by Gasteiger charge is 2.15. The van der Waals surface area contributed by atoms with Crippen molar-refractivity contribution in [1.29, 1.82) is 0 Å². The largest absolute Gasteiger partial charge is 0.417 e. The van der Waals surface area contributed by atoms with Gasteiger partial charge in [0.15, 0.2) is 0 Å². The third-order valence-corrected chi connectivity index (χ3v) is 4.56. The maximum atomic E-state index is 5.37. The summed E-state index contributed by atoms with van der Waals surface area (Å²) >= 11 is 0.